The normalized spacial score (nSPS) is 19.7. The first-order valence-electron chi connectivity index (χ1n) is 6.40. The molecule has 3 rings (SSSR count). The van der Waals surface area contributed by atoms with Crippen molar-refractivity contribution in [3.8, 4) is 0 Å². The molecule has 4 heteroatoms. The van der Waals surface area contributed by atoms with Gasteiger partial charge in [0.2, 0.25) is 0 Å². The first kappa shape index (κ1) is 11.4. The third-order valence-corrected chi connectivity index (χ3v) is 3.58. The molecule has 0 spiro atoms. The van der Waals surface area contributed by atoms with E-state index in [4.69, 9.17) is 4.98 Å². The van der Waals surface area contributed by atoms with Crippen molar-refractivity contribution in [2.45, 2.75) is 25.8 Å². The average Bonchev–Trinajstić information content (AvgIpc) is 2.86. The SMILES string of the molecule is Cc1nc2ccccc2nc1N1CCCC1CO. The molecule has 0 amide bonds. The van der Waals surface area contributed by atoms with Crippen molar-refractivity contribution in [1.82, 2.24) is 9.97 Å². The molecular weight excluding hydrogens is 226 g/mol. The summed E-state index contributed by atoms with van der Waals surface area (Å²) in [6.07, 6.45) is 2.14. The lowest BCUT2D eigenvalue weighted by Crippen LogP contribution is -2.33. The number of aliphatic hydroxyl groups is 1. The van der Waals surface area contributed by atoms with Crippen LogP contribution in [0.3, 0.4) is 0 Å². The summed E-state index contributed by atoms with van der Waals surface area (Å²) in [4.78, 5) is 11.5. The Morgan fingerprint density at radius 2 is 2.00 bits per heavy atom. The van der Waals surface area contributed by atoms with Crippen molar-refractivity contribution < 1.29 is 5.11 Å². The number of hydrogen-bond donors (Lipinski definition) is 1. The van der Waals surface area contributed by atoms with E-state index in [-0.39, 0.29) is 12.6 Å². The first-order valence-corrected chi connectivity index (χ1v) is 6.40. The molecule has 0 bridgehead atoms. The van der Waals surface area contributed by atoms with Crippen molar-refractivity contribution in [3.05, 3.63) is 30.0 Å². The lowest BCUT2D eigenvalue weighted by molar-refractivity contribution is 0.266. The highest BCUT2D eigenvalue weighted by Gasteiger charge is 2.26. The number of aryl methyl sites for hydroxylation is 1. The van der Waals surface area contributed by atoms with Gasteiger partial charge in [0.1, 0.15) is 0 Å². The second-order valence-electron chi connectivity index (χ2n) is 4.79. The number of rotatable bonds is 2. The molecule has 1 aliphatic heterocycles. The zero-order chi connectivity index (χ0) is 12.5. The number of para-hydroxylation sites is 2. The lowest BCUT2D eigenvalue weighted by atomic mass is 10.2. The van der Waals surface area contributed by atoms with Crippen molar-refractivity contribution in [3.63, 3.8) is 0 Å². The van der Waals surface area contributed by atoms with E-state index in [0.717, 1.165) is 41.9 Å². The molecule has 0 aliphatic carbocycles. The van der Waals surface area contributed by atoms with Crippen LogP contribution in [0.4, 0.5) is 5.82 Å². The summed E-state index contributed by atoms with van der Waals surface area (Å²) >= 11 is 0. The van der Waals surface area contributed by atoms with E-state index in [1.54, 1.807) is 0 Å². The molecule has 1 N–H and O–H groups in total. The fourth-order valence-electron chi connectivity index (χ4n) is 2.66. The molecule has 1 atom stereocenters. The van der Waals surface area contributed by atoms with E-state index in [0.29, 0.717) is 0 Å². The number of aliphatic hydroxyl groups excluding tert-OH is 1. The van der Waals surface area contributed by atoms with Crippen molar-refractivity contribution in [1.29, 1.82) is 0 Å². The molecular formula is C14H17N3O. The van der Waals surface area contributed by atoms with Gasteiger partial charge in [-0.3, -0.25) is 0 Å². The number of hydrogen-bond acceptors (Lipinski definition) is 4. The van der Waals surface area contributed by atoms with Crippen molar-refractivity contribution in [2.24, 2.45) is 0 Å². The minimum absolute atomic E-state index is 0.188. The molecule has 1 aromatic carbocycles. The van der Waals surface area contributed by atoms with Gasteiger partial charge in [0.15, 0.2) is 5.82 Å². The van der Waals surface area contributed by atoms with Crippen LogP contribution >= 0.6 is 0 Å². The van der Waals surface area contributed by atoms with Gasteiger partial charge >= 0.3 is 0 Å². The number of fused-ring (bicyclic) bond motifs is 1. The van der Waals surface area contributed by atoms with E-state index in [1.807, 2.05) is 31.2 Å². The Morgan fingerprint density at radius 1 is 1.28 bits per heavy atom. The van der Waals surface area contributed by atoms with Gasteiger partial charge in [-0.15, -0.1) is 0 Å². The molecule has 2 heterocycles. The molecule has 1 fully saturated rings. The Hall–Kier alpha value is -1.68. The minimum atomic E-state index is 0.188. The maximum atomic E-state index is 9.41. The molecule has 18 heavy (non-hydrogen) atoms. The Morgan fingerprint density at radius 3 is 2.72 bits per heavy atom. The van der Waals surface area contributed by atoms with E-state index in [1.165, 1.54) is 0 Å². The Balaban J connectivity index is 2.08. The summed E-state index contributed by atoms with van der Waals surface area (Å²) in [5, 5.41) is 9.41. The highest BCUT2D eigenvalue weighted by Crippen LogP contribution is 2.27. The van der Waals surface area contributed by atoms with Crippen molar-refractivity contribution >= 4 is 16.9 Å². The van der Waals surface area contributed by atoms with Crippen LogP contribution < -0.4 is 4.90 Å². The van der Waals surface area contributed by atoms with Gasteiger partial charge in [0, 0.05) is 6.54 Å². The number of anilines is 1. The number of benzene rings is 1. The standard InChI is InChI=1S/C14H17N3O/c1-10-14(17-8-4-5-11(17)9-18)16-13-7-3-2-6-12(13)15-10/h2-3,6-7,11,18H,4-5,8-9H2,1H3. The molecule has 1 saturated heterocycles. The topological polar surface area (TPSA) is 49.2 Å². The third kappa shape index (κ3) is 1.82. The van der Waals surface area contributed by atoms with Gasteiger partial charge in [-0.25, -0.2) is 9.97 Å². The molecule has 2 aromatic rings. The zero-order valence-corrected chi connectivity index (χ0v) is 10.5. The van der Waals surface area contributed by atoms with E-state index in [9.17, 15) is 5.11 Å². The lowest BCUT2D eigenvalue weighted by Gasteiger charge is -2.25. The predicted molar refractivity (Wildman–Crippen MR) is 71.7 cm³/mol. The zero-order valence-electron chi connectivity index (χ0n) is 10.5. The fraction of sp³-hybridized carbons (Fsp3) is 0.429. The van der Waals surface area contributed by atoms with Gasteiger partial charge in [0.05, 0.1) is 29.4 Å². The highest BCUT2D eigenvalue weighted by molar-refractivity contribution is 5.76. The van der Waals surface area contributed by atoms with Gasteiger partial charge < -0.3 is 10.0 Å². The summed E-state index contributed by atoms with van der Waals surface area (Å²) in [7, 11) is 0. The maximum Gasteiger partial charge on any atom is 0.151 e. The van der Waals surface area contributed by atoms with E-state index in [2.05, 4.69) is 9.88 Å². The van der Waals surface area contributed by atoms with E-state index >= 15 is 0 Å². The van der Waals surface area contributed by atoms with Crippen LogP contribution in [0.1, 0.15) is 18.5 Å². The Labute approximate surface area is 106 Å². The van der Waals surface area contributed by atoms with Crippen LogP contribution in [-0.2, 0) is 0 Å². The molecule has 0 saturated carbocycles. The maximum absolute atomic E-state index is 9.41. The van der Waals surface area contributed by atoms with Crippen LogP contribution in [0.2, 0.25) is 0 Å². The molecule has 4 nitrogen and oxygen atoms in total. The summed E-state index contributed by atoms with van der Waals surface area (Å²) in [5.74, 6) is 0.922. The Kier molecular flexibility index (Phi) is 2.88. The van der Waals surface area contributed by atoms with Crippen LogP contribution in [0.5, 0.6) is 0 Å². The second-order valence-corrected chi connectivity index (χ2v) is 4.79. The third-order valence-electron chi connectivity index (χ3n) is 3.58. The first-order chi connectivity index (χ1) is 8.79. The van der Waals surface area contributed by atoms with Gasteiger partial charge in [-0.05, 0) is 31.9 Å². The van der Waals surface area contributed by atoms with Crippen LogP contribution in [0.15, 0.2) is 24.3 Å². The number of nitrogens with zero attached hydrogens (tertiary/aromatic N) is 3. The minimum Gasteiger partial charge on any atom is -0.394 e. The number of aromatic nitrogens is 2. The molecule has 0 radical (unpaired) electrons. The summed E-state index contributed by atoms with van der Waals surface area (Å²) in [6.45, 7) is 3.13. The smallest absolute Gasteiger partial charge is 0.151 e. The summed E-state index contributed by atoms with van der Waals surface area (Å²) in [5.41, 5.74) is 2.79. The quantitative estimate of drug-likeness (QED) is 0.875. The highest BCUT2D eigenvalue weighted by atomic mass is 16.3. The summed E-state index contributed by atoms with van der Waals surface area (Å²) in [6, 6.07) is 8.10. The monoisotopic (exact) mass is 243 g/mol. The van der Waals surface area contributed by atoms with Crippen LogP contribution in [0.25, 0.3) is 11.0 Å². The summed E-state index contributed by atoms with van der Waals surface area (Å²) < 4.78 is 0. The van der Waals surface area contributed by atoms with Gasteiger partial charge in [0.25, 0.3) is 0 Å². The molecule has 1 unspecified atom stereocenters. The molecule has 1 aliphatic rings. The molecule has 94 valence electrons. The van der Waals surface area contributed by atoms with Crippen LogP contribution in [0, 0.1) is 6.92 Å². The largest absolute Gasteiger partial charge is 0.394 e. The average molecular weight is 243 g/mol. The second kappa shape index (κ2) is 4.53. The van der Waals surface area contributed by atoms with Gasteiger partial charge in [-0.2, -0.15) is 0 Å². The van der Waals surface area contributed by atoms with E-state index < -0.39 is 0 Å². The molecule has 1 aromatic heterocycles. The fourth-order valence-corrected chi connectivity index (χ4v) is 2.66. The van der Waals surface area contributed by atoms with Crippen LogP contribution in [-0.4, -0.2) is 34.3 Å². The predicted octanol–water partition coefficient (Wildman–Crippen LogP) is 1.90. The van der Waals surface area contributed by atoms with Crippen molar-refractivity contribution in [2.75, 3.05) is 18.1 Å². The van der Waals surface area contributed by atoms with Gasteiger partial charge in [-0.1, -0.05) is 12.1 Å². The Bertz CT molecular complexity index is 570.